The first-order valence-electron chi connectivity index (χ1n) is 14.0. The van der Waals surface area contributed by atoms with Crippen LogP contribution in [0.5, 0.6) is 0 Å². The minimum Gasteiger partial charge on any atom is -0.255 e. The zero-order chi connectivity index (χ0) is 28.6. The van der Waals surface area contributed by atoms with Crippen LogP contribution in [0.2, 0.25) is 0 Å². The number of nitrogens with zero attached hydrogens (tertiary/aromatic N) is 5. The topological polar surface area (TPSA) is 64.5 Å². The van der Waals surface area contributed by atoms with Crippen molar-refractivity contribution in [3.63, 3.8) is 0 Å². The molecule has 6 heteroatoms. The maximum Gasteiger partial charge on any atom is 0.164 e. The number of rotatable bonds is 5. The number of hydrogen-bond donors (Lipinski definition) is 0. The van der Waals surface area contributed by atoms with E-state index in [-0.39, 0.29) is 0 Å². The molecule has 0 aliphatic rings. The molecule has 0 spiro atoms. The van der Waals surface area contributed by atoms with Crippen LogP contribution in [0.25, 0.3) is 76.9 Å². The summed E-state index contributed by atoms with van der Waals surface area (Å²) in [5, 5.41) is 2.36. The maximum atomic E-state index is 4.90. The van der Waals surface area contributed by atoms with Gasteiger partial charge in [0.05, 0.1) is 10.4 Å². The lowest BCUT2D eigenvalue weighted by Crippen LogP contribution is -2.00. The Kier molecular flexibility index (Phi) is 6.24. The van der Waals surface area contributed by atoms with E-state index in [1.807, 2.05) is 79.1 Å². The standard InChI is InChI=1S/C37H23N5S/c1-3-9-26(10-4-1)34-40-35(27-11-5-2-6-12-27)42-36(41-34)29-14-7-13-28(23-29)24-16-18-25(19-17-24)32-33-30(20-22-38-32)31-15-8-21-39-37(31)43-33/h1-23H. The third-order valence-electron chi connectivity index (χ3n) is 7.48. The van der Waals surface area contributed by atoms with Crippen molar-refractivity contribution in [1.82, 2.24) is 24.9 Å². The van der Waals surface area contributed by atoms with Gasteiger partial charge < -0.3 is 0 Å². The van der Waals surface area contributed by atoms with Gasteiger partial charge in [-0.1, -0.05) is 103 Å². The van der Waals surface area contributed by atoms with Gasteiger partial charge in [0.15, 0.2) is 17.5 Å². The molecule has 4 aromatic carbocycles. The van der Waals surface area contributed by atoms with Gasteiger partial charge in [-0.25, -0.2) is 19.9 Å². The summed E-state index contributed by atoms with van der Waals surface area (Å²) in [6.07, 6.45) is 3.73. The molecule has 202 valence electrons. The number of pyridine rings is 2. The van der Waals surface area contributed by atoms with E-state index in [9.17, 15) is 0 Å². The molecule has 5 nitrogen and oxygen atoms in total. The predicted molar refractivity (Wildman–Crippen MR) is 175 cm³/mol. The molecule has 0 bridgehead atoms. The molecule has 0 saturated carbocycles. The van der Waals surface area contributed by atoms with Crippen LogP contribution in [0.15, 0.2) is 140 Å². The van der Waals surface area contributed by atoms with Crippen molar-refractivity contribution >= 4 is 31.6 Å². The van der Waals surface area contributed by atoms with Crippen molar-refractivity contribution in [2.24, 2.45) is 0 Å². The Morgan fingerprint density at radius 2 is 1.00 bits per heavy atom. The lowest BCUT2D eigenvalue weighted by atomic mass is 10.00. The van der Waals surface area contributed by atoms with Crippen molar-refractivity contribution < 1.29 is 0 Å². The van der Waals surface area contributed by atoms with Crippen molar-refractivity contribution in [1.29, 1.82) is 0 Å². The van der Waals surface area contributed by atoms with E-state index >= 15 is 0 Å². The summed E-state index contributed by atoms with van der Waals surface area (Å²) in [6.45, 7) is 0. The Hall–Kier alpha value is -5.59. The van der Waals surface area contributed by atoms with E-state index in [1.165, 1.54) is 10.8 Å². The van der Waals surface area contributed by atoms with Gasteiger partial charge in [-0.3, -0.25) is 4.98 Å². The molecule has 0 N–H and O–H groups in total. The van der Waals surface area contributed by atoms with E-state index in [1.54, 1.807) is 11.3 Å². The maximum absolute atomic E-state index is 4.90. The van der Waals surface area contributed by atoms with E-state index < -0.39 is 0 Å². The van der Waals surface area contributed by atoms with Crippen LogP contribution in [0, 0.1) is 0 Å². The molecule has 0 aliphatic heterocycles. The molecule has 4 aromatic heterocycles. The molecule has 43 heavy (non-hydrogen) atoms. The second kappa shape index (κ2) is 10.7. The average Bonchev–Trinajstić information content (AvgIpc) is 3.48. The molecule has 0 fully saturated rings. The van der Waals surface area contributed by atoms with E-state index in [0.717, 1.165) is 48.6 Å². The molecular weight excluding hydrogens is 547 g/mol. The second-order valence-electron chi connectivity index (χ2n) is 10.2. The average molecular weight is 570 g/mol. The van der Waals surface area contributed by atoms with Gasteiger partial charge in [0.2, 0.25) is 0 Å². The number of thiophene rings is 1. The van der Waals surface area contributed by atoms with Crippen molar-refractivity contribution in [3.05, 3.63) is 140 Å². The van der Waals surface area contributed by atoms with Gasteiger partial charge in [0.25, 0.3) is 0 Å². The van der Waals surface area contributed by atoms with Gasteiger partial charge in [0, 0.05) is 45.4 Å². The van der Waals surface area contributed by atoms with Crippen LogP contribution in [0.3, 0.4) is 0 Å². The lowest BCUT2D eigenvalue weighted by molar-refractivity contribution is 1.07. The monoisotopic (exact) mass is 569 g/mol. The Morgan fingerprint density at radius 1 is 0.395 bits per heavy atom. The van der Waals surface area contributed by atoms with Gasteiger partial charge in [-0.15, -0.1) is 11.3 Å². The van der Waals surface area contributed by atoms with Gasteiger partial charge in [-0.05, 0) is 35.4 Å². The summed E-state index contributed by atoms with van der Waals surface area (Å²) in [5.41, 5.74) is 7.09. The molecule has 0 radical (unpaired) electrons. The minimum atomic E-state index is 0.639. The molecule has 0 aliphatic carbocycles. The van der Waals surface area contributed by atoms with Crippen LogP contribution < -0.4 is 0 Å². The highest BCUT2D eigenvalue weighted by atomic mass is 32.1. The Balaban J connectivity index is 1.18. The zero-order valence-electron chi connectivity index (χ0n) is 22.9. The minimum absolute atomic E-state index is 0.639. The number of aromatic nitrogens is 5. The fraction of sp³-hybridized carbons (Fsp3) is 0. The lowest BCUT2D eigenvalue weighted by Gasteiger charge is -2.10. The van der Waals surface area contributed by atoms with E-state index in [0.29, 0.717) is 17.5 Å². The molecular formula is C37H23N5S. The van der Waals surface area contributed by atoms with Gasteiger partial charge in [-0.2, -0.15) is 0 Å². The summed E-state index contributed by atoms with van der Waals surface area (Å²) in [6, 6.07) is 43.2. The second-order valence-corrected chi connectivity index (χ2v) is 11.2. The van der Waals surface area contributed by atoms with Crippen molar-refractivity contribution in [3.8, 4) is 56.5 Å². The van der Waals surface area contributed by atoms with Crippen LogP contribution in [-0.2, 0) is 0 Å². The first-order valence-corrected chi connectivity index (χ1v) is 14.8. The summed E-state index contributed by atoms with van der Waals surface area (Å²) >= 11 is 1.69. The van der Waals surface area contributed by atoms with Crippen LogP contribution in [0.1, 0.15) is 0 Å². The molecule has 4 heterocycles. The SMILES string of the molecule is c1ccc(-c2nc(-c3ccccc3)nc(-c3cccc(-c4ccc(-c5nccc6c5sc5ncccc56)cc4)c3)n2)cc1. The molecule has 0 saturated heterocycles. The van der Waals surface area contributed by atoms with Crippen molar-refractivity contribution in [2.75, 3.05) is 0 Å². The summed E-state index contributed by atoms with van der Waals surface area (Å²) < 4.78 is 1.16. The first-order chi connectivity index (χ1) is 21.3. The number of hydrogen-bond acceptors (Lipinski definition) is 6. The largest absolute Gasteiger partial charge is 0.255 e. The predicted octanol–water partition coefficient (Wildman–Crippen LogP) is 9.36. The van der Waals surface area contributed by atoms with Gasteiger partial charge >= 0.3 is 0 Å². The van der Waals surface area contributed by atoms with Crippen molar-refractivity contribution in [2.45, 2.75) is 0 Å². The summed E-state index contributed by atoms with van der Waals surface area (Å²) in [5.74, 6) is 1.94. The van der Waals surface area contributed by atoms with Gasteiger partial charge in [0.1, 0.15) is 4.83 Å². The molecule has 8 aromatic rings. The van der Waals surface area contributed by atoms with Crippen LogP contribution >= 0.6 is 11.3 Å². The normalized spacial score (nSPS) is 11.3. The highest BCUT2D eigenvalue weighted by Crippen LogP contribution is 2.38. The molecule has 0 atom stereocenters. The molecule has 0 unspecified atom stereocenters. The number of fused-ring (bicyclic) bond motifs is 3. The van der Waals surface area contributed by atoms with Crippen LogP contribution in [0.4, 0.5) is 0 Å². The summed E-state index contributed by atoms with van der Waals surface area (Å²) in [4.78, 5) is 25.0. The molecule has 8 rings (SSSR count). The highest BCUT2D eigenvalue weighted by Gasteiger charge is 2.14. The fourth-order valence-electron chi connectivity index (χ4n) is 5.34. The highest BCUT2D eigenvalue weighted by molar-refractivity contribution is 7.25. The first kappa shape index (κ1) is 25.1. The fourth-order valence-corrected chi connectivity index (χ4v) is 6.49. The third-order valence-corrected chi connectivity index (χ3v) is 8.61. The summed E-state index contributed by atoms with van der Waals surface area (Å²) in [7, 11) is 0. The smallest absolute Gasteiger partial charge is 0.164 e. The third kappa shape index (κ3) is 4.74. The molecule has 0 amide bonds. The van der Waals surface area contributed by atoms with Crippen LogP contribution in [-0.4, -0.2) is 24.9 Å². The number of benzene rings is 4. The Bertz CT molecular complexity index is 2170. The zero-order valence-corrected chi connectivity index (χ0v) is 23.7. The Labute approximate surface area is 252 Å². The van der Waals surface area contributed by atoms with E-state index in [2.05, 4.69) is 65.6 Å². The van der Waals surface area contributed by atoms with E-state index in [4.69, 9.17) is 19.9 Å². The quantitative estimate of drug-likeness (QED) is 0.207. The Morgan fingerprint density at radius 3 is 1.70 bits per heavy atom.